The number of methoxy groups -OCH3 is 1. The number of carbonyl (C=O) groups is 2. The number of halogens is 3. The summed E-state index contributed by atoms with van der Waals surface area (Å²) in [6, 6.07) is 2.55. The molecule has 1 aromatic carbocycles. The van der Waals surface area contributed by atoms with Gasteiger partial charge in [0.05, 0.1) is 12.7 Å². The highest BCUT2D eigenvalue weighted by Gasteiger charge is 2.38. The number of ether oxygens (including phenoxy) is 1. The Morgan fingerprint density at radius 1 is 1.26 bits per heavy atom. The van der Waals surface area contributed by atoms with Crippen LogP contribution in [0.2, 0.25) is 0 Å². The van der Waals surface area contributed by atoms with E-state index in [0.29, 0.717) is 31.4 Å². The number of carbonyl (C=O) groups excluding carboxylic acids is 2. The van der Waals surface area contributed by atoms with Gasteiger partial charge in [-0.15, -0.1) is 12.3 Å². The van der Waals surface area contributed by atoms with Crippen LogP contribution in [-0.4, -0.2) is 31.3 Å². The van der Waals surface area contributed by atoms with E-state index < -0.39 is 29.4 Å². The van der Waals surface area contributed by atoms with Crippen LogP contribution in [0.25, 0.3) is 0 Å². The molecule has 0 aromatic heterocycles. The van der Waals surface area contributed by atoms with Gasteiger partial charge in [-0.25, -0.2) is 4.79 Å². The van der Waals surface area contributed by atoms with E-state index in [0.717, 1.165) is 13.2 Å². The largest absolute Gasteiger partial charge is 0.453 e. The van der Waals surface area contributed by atoms with Gasteiger partial charge in [0, 0.05) is 37.1 Å². The van der Waals surface area contributed by atoms with Gasteiger partial charge in [0.25, 0.3) is 5.91 Å². The Bertz CT molecular complexity index is 794. The van der Waals surface area contributed by atoms with Crippen LogP contribution in [0.4, 0.5) is 23.7 Å². The van der Waals surface area contributed by atoms with Crippen molar-refractivity contribution in [2.24, 2.45) is 10.2 Å². The number of alkyl halides is 3. The molecule has 7 nitrogen and oxygen atoms in total. The molecule has 0 fully saturated rings. The second-order valence-corrected chi connectivity index (χ2v) is 5.81. The van der Waals surface area contributed by atoms with Crippen molar-refractivity contribution >= 4 is 17.7 Å². The van der Waals surface area contributed by atoms with E-state index in [2.05, 4.69) is 31.5 Å². The van der Waals surface area contributed by atoms with E-state index in [1.165, 1.54) is 0 Å². The molecule has 144 valence electrons. The molecular weight excluding hydrogens is 365 g/mol. The fraction of sp³-hybridized carbons (Fsp3) is 0.412. The summed E-state index contributed by atoms with van der Waals surface area (Å²) >= 11 is 0. The van der Waals surface area contributed by atoms with Crippen LogP contribution < -0.4 is 10.6 Å². The van der Waals surface area contributed by atoms with Crippen LogP contribution in [0, 0.1) is 12.3 Å². The smallest absolute Gasteiger partial charge is 0.416 e. The monoisotopic (exact) mass is 382 g/mol. The van der Waals surface area contributed by atoms with Crippen LogP contribution >= 0.6 is 0 Å². The summed E-state index contributed by atoms with van der Waals surface area (Å²) in [6.45, 7) is 0.159. The fourth-order valence-corrected chi connectivity index (χ4v) is 2.31. The highest BCUT2D eigenvalue weighted by molar-refractivity contribution is 5.96. The number of amides is 2. The lowest BCUT2D eigenvalue weighted by molar-refractivity contribution is -0.137. The van der Waals surface area contributed by atoms with Gasteiger partial charge in [-0.1, -0.05) is 0 Å². The van der Waals surface area contributed by atoms with Gasteiger partial charge >= 0.3 is 12.3 Å². The van der Waals surface area contributed by atoms with E-state index in [9.17, 15) is 22.8 Å². The maximum absolute atomic E-state index is 13.0. The third kappa shape index (κ3) is 5.70. The molecule has 1 aliphatic heterocycles. The summed E-state index contributed by atoms with van der Waals surface area (Å²) in [6.07, 6.45) is 0.983. The van der Waals surface area contributed by atoms with Gasteiger partial charge in [0.15, 0.2) is 5.66 Å². The predicted octanol–water partition coefficient (Wildman–Crippen LogP) is 3.58. The van der Waals surface area contributed by atoms with Crippen LogP contribution in [0.15, 0.2) is 28.4 Å². The van der Waals surface area contributed by atoms with Crippen molar-refractivity contribution in [2.75, 3.05) is 19.0 Å². The van der Waals surface area contributed by atoms with Gasteiger partial charge in [-0.3, -0.25) is 10.1 Å². The second kappa shape index (κ2) is 8.07. The molecule has 2 rings (SSSR count). The van der Waals surface area contributed by atoms with E-state index in [1.807, 2.05) is 0 Å². The Balaban J connectivity index is 2.06. The SMILES string of the molecule is C#CCCC1(CCNC(=O)c2cc(NC(=O)OC)cc(C(F)(F)F)c2)N=N1. The molecule has 0 atom stereocenters. The van der Waals surface area contributed by atoms with Gasteiger partial charge < -0.3 is 10.1 Å². The molecule has 0 bridgehead atoms. The molecule has 0 aliphatic carbocycles. The molecule has 1 aliphatic rings. The van der Waals surface area contributed by atoms with Crippen molar-refractivity contribution in [3.05, 3.63) is 29.3 Å². The van der Waals surface area contributed by atoms with Crippen LogP contribution in [0.3, 0.4) is 0 Å². The number of anilines is 1. The Hall–Kier alpha value is -3.09. The van der Waals surface area contributed by atoms with Crippen LogP contribution in [0.1, 0.15) is 35.2 Å². The minimum Gasteiger partial charge on any atom is -0.453 e. The van der Waals surface area contributed by atoms with Crippen LogP contribution in [0.5, 0.6) is 0 Å². The summed E-state index contributed by atoms with van der Waals surface area (Å²) in [5, 5.41) is 12.5. The summed E-state index contributed by atoms with van der Waals surface area (Å²) in [7, 11) is 1.07. The van der Waals surface area contributed by atoms with Crippen molar-refractivity contribution < 1.29 is 27.5 Å². The third-order valence-electron chi connectivity index (χ3n) is 3.82. The number of hydrogen-bond donors (Lipinski definition) is 2. The topological polar surface area (TPSA) is 92.2 Å². The summed E-state index contributed by atoms with van der Waals surface area (Å²) in [5.74, 6) is 1.76. The van der Waals surface area contributed by atoms with E-state index >= 15 is 0 Å². The zero-order valence-electron chi connectivity index (χ0n) is 14.4. The average molecular weight is 382 g/mol. The lowest BCUT2D eigenvalue weighted by Gasteiger charge is -2.13. The van der Waals surface area contributed by atoms with Crippen molar-refractivity contribution in [3.63, 3.8) is 0 Å². The first-order valence-corrected chi connectivity index (χ1v) is 7.92. The highest BCUT2D eigenvalue weighted by Crippen LogP contribution is 2.36. The van der Waals surface area contributed by atoms with Gasteiger partial charge in [0.1, 0.15) is 0 Å². The first kappa shape index (κ1) is 20.2. The average Bonchev–Trinajstić information content (AvgIpc) is 3.38. The molecule has 0 unspecified atom stereocenters. The van der Waals surface area contributed by atoms with Crippen LogP contribution in [-0.2, 0) is 10.9 Å². The normalized spacial score (nSPS) is 14.2. The molecule has 0 saturated heterocycles. The molecular formula is C17H17F3N4O3. The summed E-state index contributed by atoms with van der Waals surface area (Å²) in [5.41, 5.74) is -2.14. The standard InChI is InChI=1S/C17H17F3N4O3/c1-3-4-5-16(23-24-16)6-7-21-14(25)11-8-12(17(18,19)20)10-13(9-11)22-15(26)27-2/h1,8-10H,4-7H2,2H3,(H,21,25)(H,22,26). The number of rotatable bonds is 7. The molecule has 0 saturated carbocycles. The zero-order valence-corrected chi connectivity index (χ0v) is 14.4. The van der Waals surface area contributed by atoms with Crippen molar-refractivity contribution in [2.45, 2.75) is 31.1 Å². The summed E-state index contributed by atoms with van der Waals surface area (Å²) in [4.78, 5) is 23.5. The molecule has 2 N–H and O–H groups in total. The number of nitrogens with zero attached hydrogens (tertiary/aromatic N) is 2. The lowest BCUT2D eigenvalue weighted by atomic mass is 10.0. The second-order valence-electron chi connectivity index (χ2n) is 5.81. The van der Waals surface area contributed by atoms with Crippen molar-refractivity contribution in [1.29, 1.82) is 0 Å². The van der Waals surface area contributed by atoms with E-state index in [-0.39, 0.29) is 17.8 Å². The molecule has 27 heavy (non-hydrogen) atoms. The van der Waals surface area contributed by atoms with Gasteiger partial charge in [0.2, 0.25) is 0 Å². The Kier molecular flexibility index (Phi) is 6.05. The zero-order chi connectivity index (χ0) is 20.1. The number of hydrogen-bond acceptors (Lipinski definition) is 5. The number of benzene rings is 1. The first-order chi connectivity index (χ1) is 12.7. The van der Waals surface area contributed by atoms with Gasteiger partial charge in [-0.2, -0.15) is 23.4 Å². The van der Waals surface area contributed by atoms with Gasteiger partial charge in [-0.05, 0) is 18.2 Å². The summed E-state index contributed by atoms with van der Waals surface area (Å²) < 4.78 is 43.5. The minimum absolute atomic E-state index is 0.159. The molecule has 1 heterocycles. The molecule has 2 amide bonds. The van der Waals surface area contributed by atoms with E-state index in [4.69, 9.17) is 6.42 Å². The molecule has 1 aromatic rings. The Morgan fingerprint density at radius 2 is 1.96 bits per heavy atom. The van der Waals surface area contributed by atoms with E-state index in [1.54, 1.807) is 0 Å². The molecule has 10 heteroatoms. The molecule has 0 spiro atoms. The number of nitrogens with one attached hydrogen (secondary N) is 2. The first-order valence-electron chi connectivity index (χ1n) is 7.92. The third-order valence-corrected chi connectivity index (χ3v) is 3.82. The maximum Gasteiger partial charge on any atom is 0.416 e. The Morgan fingerprint density at radius 3 is 2.52 bits per heavy atom. The Labute approximate surface area is 153 Å². The maximum atomic E-state index is 13.0. The minimum atomic E-state index is -4.69. The molecule has 0 radical (unpaired) electrons. The highest BCUT2D eigenvalue weighted by atomic mass is 19.4. The lowest BCUT2D eigenvalue weighted by Crippen LogP contribution is -2.28. The quantitative estimate of drug-likeness (QED) is 0.706. The predicted molar refractivity (Wildman–Crippen MR) is 90.1 cm³/mol. The number of terminal acetylenes is 1. The van der Waals surface area contributed by atoms with Crippen molar-refractivity contribution in [3.8, 4) is 12.3 Å². The fourth-order valence-electron chi connectivity index (χ4n) is 2.31. The van der Waals surface area contributed by atoms with Crippen molar-refractivity contribution in [1.82, 2.24) is 5.32 Å².